The molecule has 0 N–H and O–H groups in total. The molecule has 1 fully saturated rings. The molecule has 0 aromatic carbocycles. The van der Waals surface area contributed by atoms with E-state index in [4.69, 9.17) is 4.74 Å². The zero-order chi connectivity index (χ0) is 9.84. The van der Waals surface area contributed by atoms with E-state index in [1.165, 1.54) is 25.2 Å². The van der Waals surface area contributed by atoms with Gasteiger partial charge >= 0.3 is 5.97 Å². The Hall–Kier alpha value is -1.05. The Morgan fingerprint density at radius 2 is 2.00 bits per heavy atom. The van der Waals surface area contributed by atoms with Crippen LogP contribution in [0.2, 0.25) is 0 Å². The average Bonchev–Trinajstić information content (AvgIpc) is 2.65. The number of rotatable bonds is 3. The van der Waals surface area contributed by atoms with Gasteiger partial charge in [0.2, 0.25) is 0 Å². The van der Waals surface area contributed by atoms with E-state index in [1.54, 1.807) is 0 Å². The number of carbonyl (C=O) groups excluding carboxylic acids is 1. The monoisotopic (exact) mass is 180 g/mol. The molecule has 13 heavy (non-hydrogen) atoms. The van der Waals surface area contributed by atoms with Gasteiger partial charge in [0.1, 0.15) is 0 Å². The molecule has 2 nitrogen and oxygen atoms in total. The molecule has 0 spiro atoms. The van der Waals surface area contributed by atoms with Crippen molar-refractivity contribution in [2.75, 3.05) is 0 Å². The van der Waals surface area contributed by atoms with Crippen molar-refractivity contribution in [3.63, 3.8) is 0 Å². The SMILES string of the molecule is CC(=O)O/C=C\[C@@H]1C[C@@H]1C=C(C)C. The van der Waals surface area contributed by atoms with Gasteiger partial charge in [0.15, 0.2) is 0 Å². The van der Waals surface area contributed by atoms with Crippen molar-refractivity contribution in [2.45, 2.75) is 27.2 Å². The molecule has 2 atom stereocenters. The minimum atomic E-state index is -0.254. The fourth-order valence-electron chi connectivity index (χ4n) is 1.31. The normalized spacial score (nSPS) is 25.8. The fourth-order valence-corrected chi connectivity index (χ4v) is 1.31. The molecule has 0 bridgehead atoms. The van der Waals surface area contributed by atoms with Gasteiger partial charge in [-0.1, -0.05) is 11.6 Å². The number of esters is 1. The third kappa shape index (κ3) is 3.92. The van der Waals surface area contributed by atoms with Gasteiger partial charge in [0.05, 0.1) is 6.26 Å². The van der Waals surface area contributed by atoms with E-state index in [2.05, 4.69) is 19.9 Å². The van der Waals surface area contributed by atoms with E-state index < -0.39 is 0 Å². The van der Waals surface area contributed by atoms with Crippen molar-refractivity contribution in [1.82, 2.24) is 0 Å². The zero-order valence-electron chi connectivity index (χ0n) is 8.41. The predicted octanol–water partition coefficient (Wildman–Crippen LogP) is 2.67. The number of hydrogen-bond donors (Lipinski definition) is 0. The number of ether oxygens (including phenoxy) is 1. The standard InChI is InChI=1S/C11H16O2/c1-8(2)6-11-7-10(11)4-5-13-9(3)12/h4-6,10-11H,7H2,1-3H3/b5-4-/t10-,11+/m1/s1. The first-order chi connectivity index (χ1) is 6.09. The quantitative estimate of drug-likeness (QED) is 0.379. The van der Waals surface area contributed by atoms with Crippen LogP contribution in [0.1, 0.15) is 27.2 Å². The third-order valence-corrected chi connectivity index (χ3v) is 2.00. The largest absolute Gasteiger partial charge is 0.435 e. The highest BCUT2D eigenvalue weighted by atomic mass is 16.5. The summed E-state index contributed by atoms with van der Waals surface area (Å²) in [6, 6.07) is 0. The zero-order valence-corrected chi connectivity index (χ0v) is 8.41. The summed E-state index contributed by atoms with van der Waals surface area (Å²) in [4.78, 5) is 10.4. The molecule has 1 rings (SSSR count). The second kappa shape index (κ2) is 4.26. The smallest absolute Gasteiger partial charge is 0.307 e. The van der Waals surface area contributed by atoms with Crippen LogP contribution in [0.3, 0.4) is 0 Å². The van der Waals surface area contributed by atoms with E-state index in [-0.39, 0.29) is 5.97 Å². The summed E-state index contributed by atoms with van der Waals surface area (Å²) >= 11 is 0. The highest BCUT2D eigenvalue weighted by Crippen LogP contribution is 2.41. The van der Waals surface area contributed by atoms with E-state index in [0.717, 1.165) is 0 Å². The number of carbonyl (C=O) groups is 1. The Labute approximate surface area is 79.3 Å². The summed E-state index contributed by atoms with van der Waals surface area (Å²) in [6.45, 7) is 5.61. The molecular formula is C11H16O2. The summed E-state index contributed by atoms with van der Waals surface area (Å²) in [6.07, 6.45) is 6.92. The number of allylic oxidation sites excluding steroid dienone is 3. The fraction of sp³-hybridized carbons (Fsp3) is 0.545. The molecule has 1 saturated carbocycles. The highest BCUT2D eigenvalue weighted by molar-refractivity contribution is 5.66. The molecule has 0 aromatic heterocycles. The van der Waals surface area contributed by atoms with Gasteiger partial charge in [-0.3, -0.25) is 4.79 Å². The van der Waals surface area contributed by atoms with Crippen LogP contribution in [-0.4, -0.2) is 5.97 Å². The molecule has 0 aliphatic heterocycles. The highest BCUT2D eigenvalue weighted by Gasteiger charge is 2.32. The van der Waals surface area contributed by atoms with E-state index in [0.29, 0.717) is 11.8 Å². The van der Waals surface area contributed by atoms with Crippen molar-refractivity contribution in [1.29, 1.82) is 0 Å². The number of hydrogen-bond acceptors (Lipinski definition) is 2. The van der Waals surface area contributed by atoms with Crippen LogP contribution in [0.15, 0.2) is 24.0 Å². The molecule has 0 unspecified atom stereocenters. The lowest BCUT2D eigenvalue weighted by Crippen LogP contribution is -1.89. The Bertz CT molecular complexity index is 247. The van der Waals surface area contributed by atoms with Crippen molar-refractivity contribution in [2.24, 2.45) is 11.8 Å². The molecule has 0 saturated heterocycles. The molecule has 1 aliphatic carbocycles. The van der Waals surface area contributed by atoms with E-state index in [9.17, 15) is 4.79 Å². The maximum atomic E-state index is 10.4. The van der Waals surface area contributed by atoms with Crippen LogP contribution < -0.4 is 0 Å². The maximum absolute atomic E-state index is 10.4. The van der Waals surface area contributed by atoms with Gasteiger partial charge in [-0.15, -0.1) is 0 Å². The first kappa shape index (κ1) is 10.0. The second-order valence-corrected chi connectivity index (χ2v) is 3.75. The van der Waals surface area contributed by atoms with Crippen molar-refractivity contribution in [3.8, 4) is 0 Å². The van der Waals surface area contributed by atoms with Crippen LogP contribution in [0.25, 0.3) is 0 Å². The lowest BCUT2D eigenvalue weighted by Gasteiger charge is -1.90. The van der Waals surface area contributed by atoms with Gasteiger partial charge in [-0.05, 0) is 38.2 Å². The average molecular weight is 180 g/mol. The Morgan fingerprint density at radius 3 is 2.54 bits per heavy atom. The Morgan fingerprint density at radius 1 is 1.31 bits per heavy atom. The maximum Gasteiger partial charge on any atom is 0.307 e. The van der Waals surface area contributed by atoms with Crippen molar-refractivity contribution in [3.05, 3.63) is 24.0 Å². The van der Waals surface area contributed by atoms with Gasteiger partial charge in [0, 0.05) is 6.92 Å². The minimum Gasteiger partial charge on any atom is -0.435 e. The Kier molecular flexibility index (Phi) is 3.29. The van der Waals surface area contributed by atoms with E-state index in [1.807, 2.05) is 6.08 Å². The van der Waals surface area contributed by atoms with Gasteiger partial charge in [-0.2, -0.15) is 0 Å². The lowest BCUT2D eigenvalue weighted by atomic mass is 10.2. The van der Waals surface area contributed by atoms with Crippen LogP contribution in [0, 0.1) is 11.8 Å². The van der Waals surface area contributed by atoms with Crippen LogP contribution in [-0.2, 0) is 9.53 Å². The van der Waals surface area contributed by atoms with Crippen molar-refractivity contribution < 1.29 is 9.53 Å². The summed E-state index contributed by atoms with van der Waals surface area (Å²) < 4.78 is 4.71. The first-order valence-electron chi connectivity index (χ1n) is 4.58. The van der Waals surface area contributed by atoms with Crippen molar-refractivity contribution >= 4 is 5.97 Å². The van der Waals surface area contributed by atoms with Crippen LogP contribution in [0.5, 0.6) is 0 Å². The minimum absolute atomic E-state index is 0.254. The topological polar surface area (TPSA) is 26.3 Å². The molecule has 0 heterocycles. The summed E-state index contributed by atoms with van der Waals surface area (Å²) in [5, 5.41) is 0. The predicted molar refractivity (Wildman–Crippen MR) is 51.9 cm³/mol. The second-order valence-electron chi connectivity index (χ2n) is 3.75. The Balaban J connectivity index is 2.24. The molecule has 0 amide bonds. The molecular weight excluding hydrogens is 164 g/mol. The summed E-state index contributed by atoms with van der Waals surface area (Å²) in [7, 11) is 0. The van der Waals surface area contributed by atoms with Gasteiger partial charge in [0.25, 0.3) is 0 Å². The molecule has 1 aliphatic rings. The summed E-state index contributed by atoms with van der Waals surface area (Å²) in [5.74, 6) is 0.988. The molecule has 0 radical (unpaired) electrons. The van der Waals surface area contributed by atoms with Gasteiger partial charge in [-0.25, -0.2) is 0 Å². The lowest BCUT2D eigenvalue weighted by molar-refractivity contribution is -0.135. The van der Waals surface area contributed by atoms with Crippen LogP contribution in [0.4, 0.5) is 0 Å². The van der Waals surface area contributed by atoms with E-state index >= 15 is 0 Å². The molecule has 2 heteroatoms. The van der Waals surface area contributed by atoms with Crippen LogP contribution >= 0.6 is 0 Å². The van der Waals surface area contributed by atoms with Gasteiger partial charge < -0.3 is 4.74 Å². The molecule has 0 aromatic rings. The molecule has 72 valence electrons. The third-order valence-electron chi connectivity index (χ3n) is 2.00. The summed E-state index contributed by atoms with van der Waals surface area (Å²) in [5.41, 5.74) is 1.35. The first-order valence-corrected chi connectivity index (χ1v) is 4.58.